The van der Waals surface area contributed by atoms with Crippen LogP contribution in [0, 0.1) is 0 Å². The highest BCUT2D eigenvalue weighted by Crippen LogP contribution is 2.36. The number of benzene rings is 1. The molecule has 1 aromatic carbocycles. The maximum absolute atomic E-state index is 5.72. The summed E-state index contributed by atoms with van der Waals surface area (Å²) in [6.45, 7) is 4.03. The van der Waals surface area contributed by atoms with Gasteiger partial charge in [-0.25, -0.2) is 4.98 Å². The number of hydrogen-bond acceptors (Lipinski definition) is 8. The number of thioether (sulfide) groups is 1. The summed E-state index contributed by atoms with van der Waals surface area (Å²) < 4.78 is 18.9. The molecule has 152 valence electrons. The van der Waals surface area contributed by atoms with E-state index in [0.717, 1.165) is 34.5 Å². The molecule has 5 rings (SSSR count). The maximum Gasteiger partial charge on any atom is 0.237 e. The Labute approximate surface area is 177 Å². The van der Waals surface area contributed by atoms with Crippen LogP contribution in [0.3, 0.4) is 0 Å². The molecule has 0 N–H and O–H groups in total. The Morgan fingerprint density at radius 2 is 1.97 bits per heavy atom. The summed E-state index contributed by atoms with van der Waals surface area (Å²) in [6, 6.07) is 11.6. The van der Waals surface area contributed by atoms with Crippen molar-refractivity contribution in [3.63, 3.8) is 0 Å². The van der Waals surface area contributed by atoms with E-state index in [2.05, 4.69) is 31.6 Å². The van der Waals surface area contributed by atoms with Crippen molar-refractivity contribution < 1.29 is 14.0 Å². The van der Waals surface area contributed by atoms with E-state index in [1.807, 2.05) is 42.6 Å². The van der Waals surface area contributed by atoms with Crippen molar-refractivity contribution in [1.29, 1.82) is 0 Å². The van der Waals surface area contributed by atoms with Crippen molar-refractivity contribution in [3.05, 3.63) is 54.7 Å². The van der Waals surface area contributed by atoms with Gasteiger partial charge >= 0.3 is 0 Å². The first kappa shape index (κ1) is 18.7. The van der Waals surface area contributed by atoms with E-state index in [1.165, 1.54) is 0 Å². The SMILES string of the molecule is CCn1c(-c2ccc3c(c2)OCCO3)cnc1SCc1nc(-c2ccccn2)no1. The lowest BCUT2D eigenvalue weighted by Crippen LogP contribution is -2.15. The first-order valence-corrected chi connectivity index (χ1v) is 10.6. The van der Waals surface area contributed by atoms with Gasteiger partial charge in [0.25, 0.3) is 0 Å². The number of nitrogens with zero attached hydrogens (tertiary/aromatic N) is 5. The minimum atomic E-state index is 0.488. The highest BCUT2D eigenvalue weighted by atomic mass is 32.2. The highest BCUT2D eigenvalue weighted by Gasteiger charge is 2.17. The van der Waals surface area contributed by atoms with Gasteiger partial charge in [0, 0.05) is 18.3 Å². The molecule has 0 spiro atoms. The Hall–Kier alpha value is -3.33. The molecule has 0 unspecified atom stereocenters. The van der Waals surface area contributed by atoms with Gasteiger partial charge in [0.15, 0.2) is 16.7 Å². The zero-order valence-corrected chi connectivity index (χ0v) is 17.1. The molecule has 0 radical (unpaired) electrons. The summed E-state index contributed by atoms with van der Waals surface area (Å²) in [5, 5.41) is 4.91. The molecular weight excluding hydrogens is 402 g/mol. The van der Waals surface area contributed by atoms with Gasteiger partial charge in [-0.3, -0.25) is 4.98 Å². The van der Waals surface area contributed by atoms with Gasteiger partial charge in [-0.2, -0.15) is 4.98 Å². The Morgan fingerprint density at radius 3 is 2.80 bits per heavy atom. The Morgan fingerprint density at radius 1 is 1.07 bits per heavy atom. The molecule has 0 saturated heterocycles. The minimum absolute atomic E-state index is 0.488. The monoisotopic (exact) mass is 421 g/mol. The molecule has 3 aromatic heterocycles. The predicted octanol–water partition coefficient (Wildman–Crippen LogP) is 4.08. The fourth-order valence-electron chi connectivity index (χ4n) is 3.25. The van der Waals surface area contributed by atoms with E-state index in [1.54, 1.807) is 18.0 Å². The molecule has 30 heavy (non-hydrogen) atoms. The molecule has 4 heterocycles. The lowest BCUT2D eigenvalue weighted by atomic mass is 10.1. The van der Waals surface area contributed by atoms with Crippen molar-refractivity contribution in [2.45, 2.75) is 24.4 Å². The van der Waals surface area contributed by atoms with Gasteiger partial charge < -0.3 is 18.6 Å². The summed E-state index contributed by atoms with van der Waals surface area (Å²) >= 11 is 1.56. The molecule has 0 bridgehead atoms. The van der Waals surface area contributed by atoms with Crippen LogP contribution >= 0.6 is 11.8 Å². The third-order valence-corrected chi connectivity index (χ3v) is 5.64. The Balaban J connectivity index is 1.34. The third-order valence-electron chi connectivity index (χ3n) is 4.66. The zero-order valence-electron chi connectivity index (χ0n) is 16.3. The van der Waals surface area contributed by atoms with Crippen molar-refractivity contribution in [2.24, 2.45) is 0 Å². The van der Waals surface area contributed by atoms with Crippen LogP contribution in [0.5, 0.6) is 11.5 Å². The van der Waals surface area contributed by atoms with Crippen LogP contribution in [0.4, 0.5) is 0 Å². The van der Waals surface area contributed by atoms with Crippen molar-refractivity contribution in [1.82, 2.24) is 24.7 Å². The smallest absolute Gasteiger partial charge is 0.237 e. The number of aromatic nitrogens is 5. The standard InChI is InChI=1S/C21H19N5O3S/c1-2-26-16(14-6-7-17-18(11-14)28-10-9-27-17)12-23-21(26)30-13-19-24-20(25-29-19)15-5-3-4-8-22-15/h3-8,11-12H,2,9-10,13H2,1H3. The second-order valence-corrected chi connectivity index (χ2v) is 7.49. The van der Waals surface area contributed by atoms with Crippen molar-refractivity contribution >= 4 is 11.8 Å². The molecule has 0 aliphatic carbocycles. The van der Waals surface area contributed by atoms with E-state index in [0.29, 0.717) is 36.4 Å². The molecule has 0 amide bonds. The zero-order chi connectivity index (χ0) is 20.3. The molecule has 0 saturated carbocycles. The second kappa shape index (κ2) is 8.19. The number of pyridine rings is 1. The average Bonchev–Trinajstić information content (AvgIpc) is 3.45. The van der Waals surface area contributed by atoms with Crippen LogP contribution in [-0.4, -0.2) is 37.9 Å². The topological polar surface area (TPSA) is 88.1 Å². The van der Waals surface area contributed by atoms with Crippen LogP contribution in [0.15, 0.2) is 58.5 Å². The van der Waals surface area contributed by atoms with Crippen LogP contribution in [0.2, 0.25) is 0 Å². The lowest BCUT2D eigenvalue weighted by molar-refractivity contribution is 0.171. The van der Waals surface area contributed by atoms with Gasteiger partial charge in [-0.15, -0.1) is 0 Å². The summed E-state index contributed by atoms with van der Waals surface area (Å²) in [5.41, 5.74) is 2.75. The Bertz CT molecular complexity index is 1160. The molecule has 0 atom stereocenters. The summed E-state index contributed by atoms with van der Waals surface area (Å²) in [4.78, 5) is 13.3. The normalized spacial score (nSPS) is 12.8. The molecule has 9 heteroatoms. The number of hydrogen-bond donors (Lipinski definition) is 0. The molecular formula is C21H19N5O3S. The van der Waals surface area contributed by atoms with Crippen LogP contribution in [-0.2, 0) is 12.3 Å². The lowest BCUT2D eigenvalue weighted by Gasteiger charge is -2.19. The first-order valence-electron chi connectivity index (χ1n) is 9.64. The van der Waals surface area contributed by atoms with E-state index in [4.69, 9.17) is 14.0 Å². The van der Waals surface area contributed by atoms with E-state index in [-0.39, 0.29) is 0 Å². The third kappa shape index (κ3) is 3.63. The highest BCUT2D eigenvalue weighted by molar-refractivity contribution is 7.98. The van der Waals surface area contributed by atoms with E-state index in [9.17, 15) is 0 Å². The van der Waals surface area contributed by atoms with Gasteiger partial charge in [0.05, 0.1) is 17.6 Å². The first-order chi connectivity index (χ1) is 14.8. The van der Waals surface area contributed by atoms with Gasteiger partial charge in [0.1, 0.15) is 18.9 Å². The predicted molar refractivity (Wildman–Crippen MR) is 111 cm³/mol. The van der Waals surface area contributed by atoms with E-state index >= 15 is 0 Å². The Kier molecular flexibility index (Phi) is 5.10. The largest absolute Gasteiger partial charge is 0.486 e. The summed E-state index contributed by atoms with van der Waals surface area (Å²) in [6.07, 6.45) is 3.59. The number of fused-ring (bicyclic) bond motifs is 1. The van der Waals surface area contributed by atoms with Gasteiger partial charge in [-0.05, 0) is 37.3 Å². The van der Waals surface area contributed by atoms with Crippen LogP contribution in [0.1, 0.15) is 12.8 Å². The molecule has 1 aliphatic rings. The van der Waals surface area contributed by atoms with E-state index < -0.39 is 0 Å². The minimum Gasteiger partial charge on any atom is -0.486 e. The molecule has 1 aliphatic heterocycles. The number of imidazole rings is 1. The van der Waals surface area contributed by atoms with Crippen molar-refractivity contribution in [3.8, 4) is 34.3 Å². The summed E-state index contributed by atoms with van der Waals surface area (Å²) in [5.74, 6) is 3.10. The van der Waals surface area contributed by atoms with Crippen molar-refractivity contribution in [2.75, 3.05) is 13.2 Å². The average molecular weight is 421 g/mol. The molecule has 8 nitrogen and oxygen atoms in total. The molecule has 0 fully saturated rings. The molecule has 4 aromatic rings. The summed E-state index contributed by atoms with van der Waals surface area (Å²) in [7, 11) is 0. The van der Waals surface area contributed by atoms with Gasteiger partial charge in [-0.1, -0.05) is 23.0 Å². The fraction of sp³-hybridized carbons (Fsp3) is 0.238. The second-order valence-electron chi connectivity index (χ2n) is 6.54. The van der Waals surface area contributed by atoms with Crippen LogP contribution in [0.25, 0.3) is 22.8 Å². The van der Waals surface area contributed by atoms with Gasteiger partial charge in [0.2, 0.25) is 11.7 Å². The quantitative estimate of drug-likeness (QED) is 0.430. The number of rotatable bonds is 6. The maximum atomic E-state index is 5.72. The number of ether oxygens (including phenoxy) is 2. The fourth-order valence-corrected chi connectivity index (χ4v) is 4.13. The van der Waals surface area contributed by atoms with Crippen LogP contribution < -0.4 is 9.47 Å².